The van der Waals surface area contributed by atoms with Crippen molar-refractivity contribution in [2.75, 3.05) is 32.0 Å². The first-order valence-corrected chi connectivity index (χ1v) is 10.4. The molecule has 1 saturated heterocycles. The summed E-state index contributed by atoms with van der Waals surface area (Å²) in [5.41, 5.74) is 1.35. The van der Waals surface area contributed by atoms with Crippen LogP contribution in [0.5, 0.6) is 0 Å². The fourth-order valence-electron chi connectivity index (χ4n) is 3.43. The number of anilines is 1. The maximum Gasteiger partial charge on any atom is 0.253 e. The van der Waals surface area contributed by atoms with Crippen molar-refractivity contribution in [3.8, 4) is 0 Å². The van der Waals surface area contributed by atoms with E-state index in [9.17, 15) is 14.4 Å². The number of rotatable bonds is 5. The van der Waals surface area contributed by atoms with Gasteiger partial charge in [0.25, 0.3) is 5.91 Å². The lowest BCUT2D eigenvalue weighted by molar-refractivity contribution is -0.138. The monoisotopic (exact) mass is 457 g/mol. The van der Waals surface area contributed by atoms with Crippen LogP contribution in [0.1, 0.15) is 23.2 Å². The minimum absolute atomic E-state index is 0.00572. The molecule has 1 N–H and O–H groups in total. The first-order valence-electron chi connectivity index (χ1n) is 9.59. The second-order valence-electron chi connectivity index (χ2n) is 7.18. The Hall–Kier alpha value is -2.67. The molecule has 1 aliphatic heterocycles. The van der Waals surface area contributed by atoms with Crippen LogP contribution in [0.3, 0.4) is 0 Å². The van der Waals surface area contributed by atoms with E-state index in [1.54, 1.807) is 36.2 Å². The number of nitrogens with one attached hydrogen (secondary N) is 1. The highest BCUT2D eigenvalue weighted by molar-refractivity contribution is 9.10. The maximum atomic E-state index is 12.7. The zero-order chi connectivity index (χ0) is 20.8. The van der Waals surface area contributed by atoms with Crippen molar-refractivity contribution in [2.45, 2.75) is 12.8 Å². The summed E-state index contributed by atoms with van der Waals surface area (Å²) in [5.74, 6) is -0.462. The second-order valence-corrected chi connectivity index (χ2v) is 8.10. The van der Waals surface area contributed by atoms with Crippen LogP contribution in [0.2, 0.25) is 0 Å². The minimum atomic E-state index is -0.227. The fourth-order valence-corrected chi connectivity index (χ4v) is 3.70. The van der Waals surface area contributed by atoms with Crippen LogP contribution in [-0.4, -0.2) is 54.2 Å². The minimum Gasteiger partial charge on any atom is -0.339 e. The SMILES string of the molecule is CN(CC(=O)Nc1ccccc1)C(=O)C1CCN(C(=O)c2ccc(Br)cc2)CC1. The number of piperidine rings is 1. The van der Waals surface area contributed by atoms with Gasteiger partial charge in [0.15, 0.2) is 0 Å². The molecule has 7 heteroatoms. The first kappa shape index (κ1) is 21.0. The van der Waals surface area contributed by atoms with Crippen LogP contribution in [-0.2, 0) is 9.59 Å². The molecule has 29 heavy (non-hydrogen) atoms. The molecule has 1 fully saturated rings. The lowest BCUT2D eigenvalue weighted by Crippen LogP contribution is -2.45. The van der Waals surface area contributed by atoms with E-state index in [4.69, 9.17) is 0 Å². The highest BCUT2D eigenvalue weighted by Gasteiger charge is 2.30. The Labute approximate surface area is 179 Å². The average Bonchev–Trinajstić information content (AvgIpc) is 2.74. The Kier molecular flexibility index (Phi) is 7.04. The van der Waals surface area contributed by atoms with E-state index in [-0.39, 0.29) is 30.2 Å². The molecule has 1 heterocycles. The molecule has 152 valence electrons. The Balaban J connectivity index is 1.48. The Morgan fingerprint density at radius 3 is 2.28 bits per heavy atom. The number of para-hydroxylation sites is 1. The molecule has 2 aromatic carbocycles. The predicted octanol–water partition coefficient (Wildman–Crippen LogP) is 3.40. The first-order chi connectivity index (χ1) is 13.9. The molecule has 1 aliphatic rings. The number of likely N-dealkylation sites (N-methyl/N-ethyl adjacent to an activating group) is 1. The zero-order valence-electron chi connectivity index (χ0n) is 16.3. The Morgan fingerprint density at radius 2 is 1.66 bits per heavy atom. The van der Waals surface area contributed by atoms with Gasteiger partial charge >= 0.3 is 0 Å². The van der Waals surface area contributed by atoms with Gasteiger partial charge in [0, 0.05) is 41.8 Å². The summed E-state index contributed by atoms with van der Waals surface area (Å²) in [6.07, 6.45) is 1.21. The summed E-state index contributed by atoms with van der Waals surface area (Å²) in [7, 11) is 1.65. The lowest BCUT2D eigenvalue weighted by Gasteiger charge is -2.33. The summed E-state index contributed by atoms with van der Waals surface area (Å²) in [6.45, 7) is 1.08. The van der Waals surface area contributed by atoms with E-state index in [0.29, 0.717) is 37.2 Å². The van der Waals surface area contributed by atoms with Crippen molar-refractivity contribution in [1.82, 2.24) is 9.80 Å². The van der Waals surface area contributed by atoms with Crippen LogP contribution < -0.4 is 5.32 Å². The predicted molar refractivity (Wildman–Crippen MR) is 115 cm³/mol. The quantitative estimate of drug-likeness (QED) is 0.747. The van der Waals surface area contributed by atoms with Gasteiger partial charge in [-0.3, -0.25) is 14.4 Å². The van der Waals surface area contributed by atoms with Crippen molar-refractivity contribution in [3.63, 3.8) is 0 Å². The summed E-state index contributed by atoms with van der Waals surface area (Å²) in [4.78, 5) is 40.7. The molecular weight excluding hydrogens is 434 g/mol. The van der Waals surface area contributed by atoms with E-state index in [0.717, 1.165) is 4.47 Å². The molecule has 6 nitrogen and oxygen atoms in total. The molecular formula is C22H24BrN3O3. The smallest absolute Gasteiger partial charge is 0.253 e. The van der Waals surface area contributed by atoms with Crippen molar-refractivity contribution < 1.29 is 14.4 Å². The van der Waals surface area contributed by atoms with Gasteiger partial charge in [-0.25, -0.2) is 0 Å². The largest absolute Gasteiger partial charge is 0.339 e. The van der Waals surface area contributed by atoms with E-state index in [1.165, 1.54) is 4.90 Å². The van der Waals surface area contributed by atoms with Crippen molar-refractivity contribution in [1.29, 1.82) is 0 Å². The van der Waals surface area contributed by atoms with Crippen LogP contribution in [0.4, 0.5) is 5.69 Å². The van der Waals surface area contributed by atoms with Gasteiger partial charge < -0.3 is 15.1 Å². The fraction of sp³-hybridized carbons (Fsp3) is 0.318. The standard InChI is InChI=1S/C22H24BrN3O3/c1-25(15-20(27)24-19-5-3-2-4-6-19)21(28)17-11-13-26(14-12-17)22(29)16-7-9-18(23)10-8-16/h2-10,17H,11-15H2,1H3,(H,24,27). The van der Waals surface area contributed by atoms with Gasteiger partial charge in [-0.15, -0.1) is 0 Å². The van der Waals surface area contributed by atoms with Crippen molar-refractivity contribution in [2.24, 2.45) is 5.92 Å². The molecule has 0 unspecified atom stereocenters. The highest BCUT2D eigenvalue weighted by atomic mass is 79.9. The molecule has 0 aromatic heterocycles. The lowest BCUT2D eigenvalue weighted by atomic mass is 9.95. The van der Waals surface area contributed by atoms with Crippen molar-refractivity contribution >= 4 is 39.3 Å². The van der Waals surface area contributed by atoms with Crippen molar-refractivity contribution in [3.05, 3.63) is 64.6 Å². The second kappa shape index (κ2) is 9.69. The van der Waals surface area contributed by atoms with Gasteiger partial charge in [-0.05, 0) is 49.2 Å². The number of carbonyl (C=O) groups is 3. The Bertz CT molecular complexity index is 863. The van der Waals surface area contributed by atoms with Crippen LogP contribution in [0.15, 0.2) is 59.1 Å². The number of hydrogen-bond donors (Lipinski definition) is 1. The normalized spacial score (nSPS) is 14.3. The molecule has 3 amide bonds. The maximum absolute atomic E-state index is 12.7. The molecule has 3 rings (SSSR count). The third kappa shape index (κ3) is 5.67. The van der Waals surface area contributed by atoms with Gasteiger partial charge in [-0.1, -0.05) is 34.1 Å². The number of likely N-dealkylation sites (tertiary alicyclic amines) is 1. The van der Waals surface area contributed by atoms with Crippen LogP contribution in [0, 0.1) is 5.92 Å². The van der Waals surface area contributed by atoms with Gasteiger partial charge in [-0.2, -0.15) is 0 Å². The van der Waals surface area contributed by atoms with Gasteiger partial charge in [0.1, 0.15) is 0 Å². The number of benzene rings is 2. The van der Waals surface area contributed by atoms with E-state index in [2.05, 4.69) is 21.2 Å². The van der Waals surface area contributed by atoms with Gasteiger partial charge in [0.2, 0.25) is 11.8 Å². The number of halogens is 1. The molecule has 0 radical (unpaired) electrons. The highest BCUT2D eigenvalue weighted by Crippen LogP contribution is 2.21. The summed E-state index contributed by atoms with van der Waals surface area (Å²) in [5, 5.41) is 2.79. The molecule has 0 aliphatic carbocycles. The summed E-state index contributed by atoms with van der Waals surface area (Å²) in [6, 6.07) is 16.4. The third-order valence-electron chi connectivity index (χ3n) is 5.04. The van der Waals surface area contributed by atoms with E-state index >= 15 is 0 Å². The summed E-state index contributed by atoms with van der Waals surface area (Å²) >= 11 is 3.37. The molecule has 0 atom stereocenters. The number of nitrogens with zero attached hydrogens (tertiary/aromatic N) is 2. The molecule has 0 saturated carbocycles. The van der Waals surface area contributed by atoms with Crippen LogP contribution in [0.25, 0.3) is 0 Å². The molecule has 2 aromatic rings. The number of carbonyl (C=O) groups excluding carboxylic acids is 3. The van der Waals surface area contributed by atoms with Gasteiger partial charge in [0.05, 0.1) is 6.54 Å². The summed E-state index contributed by atoms with van der Waals surface area (Å²) < 4.78 is 0.928. The molecule has 0 bridgehead atoms. The topological polar surface area (TPSA) is 69.7 Å². The van der Waals surface area contributed by atoms with E-state index in [1.807, 2.05) is 30.3 Å². The Morgan fingerprint density at radius 1 is 1.03 bits per heavy atom. The van der Waals surface area contributed by atoms with E-state index < -0.39 is 0 Å². The zero-order valence-corrected chi connectivity index (χ0v) is 17.9. The van der Waals surface area contributed by atoms with Crippen LogP contribution >= 0.6 is 15.9 Å². The number of hydrogen-bond acceptors (Lipinski definition) is 3. The number of amides is 3. The molecule has 0 spiro atoms. The average molecular weight is 458 g/mol. The third-order valence-corrected chi connectivity index (χ3v) is 5.57.